The van der Waals surface area contributed by atoms with Gasteiger partial charge in [-0.2, -0.15) is 0 Å². The van der Waals surface area contributed by atoms with E-state index < -0.39 is 29.6 Å². The maximum atomic E-state index is 13.9. The average Bonchev–Trinajstić information content (AvgIpc) is 3.09. The van der Waals surface area contributed by atoms with Gasteiger partial charge in [0, 0.05) is 13.2 Å². The zero-order valence-corrected chi connectivity index (χ0v) is 18.1. The Morgan fingerprint density at radius 2 is 1.91 bits per heavy atom. The highest BCUT2D eigenvalue weighted by Gasteiger charge is 2.30. The van der Waals surface area contributed by atoms with Crippen LogP contribution in [0.25, 0.3) is 5.65 Å². The molecule has 0 fully saturated rings. The Kier molecular flexibility index (Phi) is 7.07. The van der Waals surface area contributed by atoms with Gasteiger partial charge in [0.05, 0.1) is 11.3 Å². The molecule has 9 heteroatoms. The number of carboxylic acids is 1. The molecule has 0 spiro atoms. The fourth-order valence-electron chi connectivity index (χ4n) is 3.54. The Balaban J connectivity index is 1.92. The Hall–Kier alpha value is -3.49. The fourth-order valence-corrected chi connectivity index (χ4v) is 3.54. The van der Waals surface area contributed by atoms with Crippen molar-refractivity contribution in [1.82, 2.24) is 14.3 Å². The van der Waals surface area contributed by atoms with E-state index in [1.807, 2.05) is 6.92 Å². The molecule has 0 aliphatic heterocycles. The summed E-state index contributed by atoms with van der Waals surface area (Å²) in [4.78, 5) is 30.5. The van der Waals surface area contributed by atoms with Crippen LogP contribution >= 0.6 is 0 Å². The summed E-state index contributed by atoms with van der Waals surface area (Å²) >= 11 is 0. The molecule has 0 saturated carbocycles. The third-order valence-electron chi connectivity index (χ3n) is 5.33. The van der Waals surface area contributed by atoms with Gasteiger partial charge in [-0.25, -0.2) is 18.6 Å². The molecule has 170 valence electrons. The lowest BCUT2D eigenvalue weighted by Crippen LogP contribution is -2.43. The molecule has 2 heterocycles. The number of hydrogen-bond donors (Lipinski definition) is 1. The number of carboxylic acid groups (broad SMARTS) is 1. The molecule has 3 aromatic rings. The smallest absolute Gasteiger partial charge is 0.326 e. The summed E-state index contributed by atoms with van der Waals surface area (Å²) in [6.45, 7) is 3.23. The third-order valence-corrected chi connectivity index (χ3v) is 5.33. The van der Waals surface area contributed by atoms with Crippen molar-refractivity contribution in [3.05, 3.63) is 65.1 Å². The first kappa shape index (κ1) is 23.2. The highest BCUT2D eigenvalue weighted by atomic mass is 19.1. The van der Waals surface area contributed by atoms with Gasteiger partial charge in [0.15, 0.2) is 11.4 Å². The van der Waals surface area contributed by atoms with E-state index in [2.05, 4.69) is 4.98 Å². The molecule has 0 aliphatic carbocycles. The molecule has 0 unspecified atom stereocenters. The Morgan fingerprint density at radius 3 is 2.53 bits per heavy atom. The van der Waals surface area contributed by atoms with Gasteiger partial charge < -0.3 is 14.7 Å². The number of ether oxygens (including phenoxy) is 1. The standard InChI is InChI=1S/C23H25F2N3O4/c1-4-5-10-18(23(30)31)27(3)22(29)20-14(2)26-21-19(11-7-12-28(20)21)32-13-15-16(24)8-6-9-17(15)25/h6-9,11-12,18H,4-5,10,13H2,1-3H3,(H,30,31)/t18-/m0/s1. The molecule has 32 heavy (non-hydrogen) atoms. The van der Waals surface area contributed by atoms with E-state index in [0.29, 0.717) is 24.2 Å². The number of benzene rings is 1. The van der Waals surface area contributed by atoms with Crippen LogP contribution in [0, 0.1) is 18.6 Å². The number of rotatable bonds is 9. The fraction of sp³-hybridized carbons (Fsp3) is 0.348. The minimum atomic E-state index is -1.07. The summed E-state index contributed by atoms with van der Waals surface area (Å²) in [6.07, 6.45) is 3.43. The molecule has 1 atom stereocenters. The minimum absolute atomic E-state index is 0.202. The van der Waals surface area contributed by atoms with Crippen molar-refractivity contribution in [3.63, 3.8) is 0 Å². The number of aliphatic carboxylic acids is 1. The van der Waals surface area contributed by atoms with Crippen molar-refractivity contribution < 1.29 is 28.2 Å². The van der Waals surface area contributed by atoms with Gasteiger partial charge in [-0.1, -0.05) is 25.8 Å². The highest BCUT2D eigenvalue weighted by Crippen LogP contribution is 2.25. The van der Waals surface area contributed by atoms with Crippen LogP contribution in [0.2, 0.25) is 0 Å². The van der Waals surface area contributed by atoms with Crippen molar-refractivity contribution in [2.45, 2.75) is 45.8 Å². The van der Waals surface area contributed by atoms with E-state index >= 15 is 0 Å². The van der Waals surface area contributed by atoms with Gasteiger partial charge >= 0.3 is 5.97 Å². The van der Waals surface area contributed by atoms with Crippen LogP contribution in [-0.2, 0) is 11.4 Å². The number of fused-ring (bicyclic) bond motifs is 1. The van der Waals surface area contributed by atoms with Crippen LogP contribution in [0.5, 0.6) is 5.75 Å². The van der Waals surface area contributed by atoms with Crippen molar-refractivity contribution in [3.8, 4) is 5.75 Å². The molecule has 2 aromatic heterocycles. The van der Waals surface area contributed by atoms with Crippen molar-refractivity contribution in [2.24, 2.45) is 0 Å². The molecule has 0 bridgehead atoms. The van der Waals surface area contributed by atoms with Gasteiger partial charge in [-0.3, -0.25) is 9.20 Å². The van der Waals surface area contributed by atoms with Gasteiger partial charge in [0.2, 0.25) is 0 Å². The Labute approximate surface area is 184 Å². The van der Waals surface area contributed by atoms with E-state index in [0.717, 1.165) is 18.6 Å². The van der Waals surface area contributed by atoms with Gasteiger partial charge in [0.25, 0.3) is 5.91 Å². The second kappa shape index (κ2) is 9.76. The van der Waals surface area contributed by atoms with Crippen LogP contribution < -0.4 is 4.74 Å². The molecular formula is C23H25F2N3O4. The molecule has 7 nitrogen and oxygen atoms in total. The van der Waals surface area contributed by atoms with Crippen LogP contribution in [0.1, 0.15) is 47.9 Å². The molecule has 0 radical (unpaired) electrons. The number of imidazole rings is 1. The summed E-state index contributed by atoms with van der Waals surface area (Å²) in [5.41, 5.74) is 0.662. The summed E-state index contributed by atoms with van der Waals surface area (Å²) in [5, 5.41) is 9.57. The highest BCUT2D eigenvalue weighted by molar-refractivity contribution is 5.97. The zero-order valence-electron chi connectivity index (χ0n) is 18.1. The maximum absolute atomic E-state index is 13.9. The maximum Gasteiger partial charge on any atom is 0.326 e. The van der Waals surface area contributed by atoms with E-state index in [1.165, 1.54) is 22.4 Å². The lowest BCUT2D eigenvalue weighted by molar-refractivity contribution is -0.142. The van der Waals surface area contributed by atoms with Crippen LogP contribution in [-0.4, -0.2) is 44.4 Å². The Bertz CT molecular complexity index is 1130. The SMILES string of the molecule is CCCC[C@@H](C(=O)O)N(C)C(=O)c1c(C)nc2c(OCc3c(F)cccc3F)cccn12. The first-order valence-corrected chi connectivity index (χ1v) is 10.3. The summed E-state index contributed by atoms with van der Waals surface area (Å²) in [7, 11) is 1.46. The van der Waals surface area contributed by atoms with Crippen molar-refractivity contribution in [2.75, 3.05) is 7.05 Å². The lowest BCUT2D eigenvalue weighted by Gasteiger charge is -2.25. The van der Waals surface area contributed by atoms with Crippen molar-refractivity contribution in [1.29, 1.82) is 0 Å². The molecule has 1 N–H and O–H groups in total. The van der Waals surface area contributed by atoms with Crippen LogP contribution in [0.3, 0.4) is 0 Å². The molecule has 1 aromatic carbocycles. The van der Waals surface area contributed by atoms with Crippen molar-refractivity contribution >= 4 is 17.5 Å². The van der Waals surface area contributed by atoms with Crippen LogP contribution in [0.15, 0.2) is 36.5 Å². The number of likely N-dealkylation sites (N-methyl/N-ethyl adjacent to an activating group) is 1. The monoisotopic (exact) mass is 445 g/mol. The predicted molar refractivity (Wildman–Crippen MR) is 114 cm³/mol. The van der Waals surface area contributed by atoms with Gasteiger partial charge in [-0.15, -0.1) is 0 Å². The molecule has 0 saturated heterocycles. The number of hydrogen-bond acceptors (Lipinski definition) is 4. The number of aryl methyl sites for hydroxylation is 1. The number of nitrogens with zero attached hydrogens (tertiary/aromatic N) is 3. The van der Waals surface area contributed by atoms with Crippen LogP contribution in [0.4, 0.5) is 8.78 Å². The lowest BCUT2D eigenvalue weighted by atomic mass is 10.1. The third kappa shape index (κ3) is 4.56. The molecule has 3 rings (SSSR count). The number of unbranched alkanes of at least 4 members (excludes halogenated alkanes) is 1. The predicted octanol–water partition coefficient (Wildman–Crippen LogP) is 4.22. The quantitative estimate of drug-likeness (QED) is 0.533. The second-order valence-corrected chi connectivity index (χ2v) is 7.51. The van der Waals surface area contributed by atoms with E-state index in [-0.39, 0.29) is 23.6 Å². The number of carbonyl (C=O) groups excluding carboxylic acids is 1. The van der Waals surface area contributed by atoms with Gasteiger partial charge in [-0.05, 0) is 37.6 Å². The number of pyridine rings is 1. The van der Waals surface area contributed by atoms with E-state index in [1.54, 1.807) is 25.3 Å². The first-order valence-electron chi connectivity index (χ1n) is 10.3. The largest absolute Gasteiger partial charge is 0.485 e. The van der Waals surface area contributed by atoms with E-state index in [4.69, 9.17) is 4.74 Å². The summed E-state index contributed by atoms with van der Waals surface area (Å²) in [6, 6.07) is 5.80. The minimum Gasteiger partial charge on any atom is -0.485 e. The first-order chi connectivity index (χ1) is 15.3. The molecule has 1 amide bonds. The summed E-state index contributed by atoms with van der Waals surface area (Å²) < 4.78 is 35.0. The summed E-state index contributed by atoms with van der Waals surface area (Å²) in [5.74, 6) is -2.77. The number of halogens is 2. The second-order valence-electron chi connectivity index (χ2n) is 7.51. The molecular weight excluding hydrogens is 420 g/mol. The molecule has 0 aliphatic rings. The Morgan fingerprint density at radius 1 is 1.22 bits per heavy atom. The zero-order chi connectivity index (χ0) is 23.4. The number of aromatic nitrogens is 2. The normalized spacial score (nSPS) is 12.0. The number of carbonyl (C=O) groups is 2. The number of amides is 1. The van der Waals surface area contributed by atoms with E-state index in [9.17, 15) is 23.5 Å². The topological polar surface area (TPSA) is 84.1 Å². The average molecular weight is 445 g/mol. The van der Waals surface area contributed by atoms with Gasteiger partial charge in [0.1, 0.15) is 30.0 Å².